The molecule has 2 aromatic rings. The molecule has 0 bridgehead atoms. The Bertz CT molecular complexity index is 801. The number of carbonyl (C=O) groups is 1. The van der Waals surface area contributed by atoms with Crippen molar-refractivity contribution in [3.05, 3.63) is 68.5 Å². The monoisotopic (exact) mass is 416 g/mol. The van der Waals surface area contributed by atoms with Gasteiger partial charge < -0.3 is 9.88 Å². The third-order valence-corrected chi connectivity index (χ3v) is 4.02. The van der Waals surface area contributed by atoms with Crippen LogP contribution in [0.1, 0.15) is 18.1 Å². The molecule has 0 aliphatic heterocycles. The molecule has 2 rings (SSSR count). The van der Waals surface area contributed by atoms with E-state index >= 15 is 0 Å². The summed E-state index contributed by atoms with van der Waals surface area (Å²) in [6, 6.07) is 8.86. The molecule has 0 aliphatic carbocycles. The summed E-state index contributed by atoms with van der Waals surface area (Å²) in [4.78, 5) is 23.7. The lowest BCUT2D eigenvalue weighted by Gasteiger charge is -2.15. The van der Waals surface area contributed by atoms with E-state index in [4.69, 9.17) is 0 Å². The number of carbonyl (C=O) groups excluding carboxylic acids is 1. The highest BCUT2D eigenvalue weighted by Crippen LogP contribution is 2.27. The molecule has 0 saturated heterocycles. The highest BCUT2D eigenvalue weighted by atomic mass is 79.9. The highest BCUT2D eigenvalue weighted by molar-refractivity contribution is 9.10. The van der Waals surface area contributed by atoms with Crippen LogP contribution >= 0.6 is 15.9 Å². The number of pyridine rings is 1. The van der Waals surface area contributed by atoms with Crippen molar-refractivity contribution in [2.75, 3.05) is 0 Å². The van der Waals surface area contributed by atoms with Crippen LogP contribution in [0.3, 0.4) is 0 Å². The second-order valence-electron chi connectivity index (χ2n) is 5.68. The quantitative estimate of drug-likeness (QED) is 0.811. The van der Waals surface area contributed by atoms with Gasteiger partial charge in [-0.3, -0.25) is 9.59 Å². The number of amides is 1. The number of rotatable bonds is 5. The summed E-state index contributed by atoms with van der Waals surface area (Å²) < 4.78 is 39.8. The Morgan fingerprint density at radius 2 is 1.84 bits per heavy atom. The van der Waals surface area contributed by atoms with E-state index in [0.29, 0.717) is 18.7 Å². The lowest BCUT2D eigenvalue weighted by molar-refractivity contribution is -0.138. The van der Waals surface area contributed by atoms with E-state index in [1.807, 2.05) is 24.3 Å². The van der Waals surface area contributed by atoms with Gasteiger partial charge in [0.05, 0.1) is 5.56 Å². The topological polar surface area (TPSA) is 51.1 Å². The van der Waals surface area contributed by atoms with Crippen LogP contribution < -0.4 is 10.9 Å². The zero-order valence-corrected chi connectivity index (χ0v) is 14.9. The van der Waals surface area contributed by atoms with Gasteiger partial charge in [0.15, 0.2) is 0 Å². The van der Waals surface area contributed by atoms with Crippen LogP contribution in [0, 0.1) is 0 Å². The minimum atomic E-state index is -4.57. The van der Waals surface area contributed by atoms with Gasteiger partial charge in [0, 0.05) is 22.8 Å². The van der Waals surface area contributed by atoms with Crippen LogP contribution in [0.25, 0.3) is 0 Å². The minimum Gasteiger partial charge on any atom is -0.352 e. The number of benzene rings is 1. The normalized spacial score (nSPS) is 12.7. The SMILES string of the molecule is CC(Cc1ccc(Br)cc1)NC(=O)Cn1cc(C(F)(F)F)ccc1=O. The Labute approximate surface area is 150 Å². The molecule has 0 saturated carbocycles. The molecule has 0 fully saturated rings. The first-order valence-electron chi connectivity index (χ1n) is 7.46. The fourth-order valence-electron chi connectivity index (χ4n) is 2.32. The van der Waals surface area contributed by atoms with Crippen molar-refractivity contribution in [1.29, 1.82) is 0 Å². The summed E-state index contributed by atoms with van der Waals surface area (Å²) in [5.41, 5.74) is -0.626. The predicted octanol–water partition coefficient (Wildman–Crippen LogP) is 3.38. The second kappa shape index (κ2) is 7.86. The summed E-state index contributed by atoms with van der Waals surface area (Å²) >= 11 is 3.33. The summed E-state index contributed by atoms with van der Waals surface area (Å²) in [6.07, 6.45) is -3.35. The van der Waals surface area contributed by atoms with Crippen LogP contribution in [0.5, 0.6) is 0 Å². The molecule has 1 atom stereocenters. The highest BCUT2D eigenvalue weighted by Gasteiger charge is 2.31. The first kappa shape index (κ1) is 19.2. The number of nitrogens with one attached hydrogen (secondary N) is 1. The molecule has 1 aromatic carbocycles. The number of hydrogen-bond acceptors (Lipinski definition) is 2. The van der Waals surface area contributed by atoms with Gasteiger partial charge in [-0.05, 0) is 37.1 Å². The van der Waals surface area contributed by atoms with E-state index in [0.717, 1.165) is 20.7 Å². The number of nitrogens with zero attached hydrogens (tertiary/aromatic N) is 1. The molecule has 1 unspecified atom stereocenters. The van der Waals surface area contributed by atoms with E-state index < -0.39 is 29.8 Å². The third-order valence-electron chi connectivity index (χ3n) is 3.49. The van der Waals surface area contributed by atoms with Gasteiger partial charge in [-0.2, -0.15) is 13.2 Å². The first-order valence-corrected chi connectivity index (χ1v) is 8.26. The predicted molar refractivity (Wildman–Crippen MR) is 91.2 cm³/mol. The Morgan fingerprint density at radius 3 is 2.44 bits per heavy atom. The van der Waals surface area contributed by atoms with Gasteiger partial charge in [-0.1, -0.05) is 28.1 Å². The van der Waals surface area contributed by atoms with Gasteiger partial charge in [-0.25, -0.2) is 0 Å². The molecule has 0 radical (unpaired) electrons. The van der Waals surface area contributed by atoms with E-state index in [1.165, 1.54) is 0 Å². The fourth-order valence-corrected chi connectivity index (χ4v) is 2.59. The van der Waals surface area contributed by atoms with Gasteiger partial charge in [0.25, 0.3) is 5.56 Å². The summed E-state index contributed by atoms with van der Waals surface area (Å²) in [7, 11) is 0. The van der Waals surface area contributed by atoms with Crippen molar-refractivity contribution in [2.45, 2.75) is 32.1 Å². The smallest absolute Gasteiger partial charge is 0.352 e. The molecule has 25 heavy (non-hydrogen) atoms. The Balaban J connectivity index is 2.00. The zero-order valence-electron chi connectivity index (χ0n) is 13.3. The number of halogens is 4. The van der Waals surface area contributed by atoms with Crippen molar-refractivity contribution >= 4 is 21.8 Å². The molecular weight excluding hydrogens is 401 g/mol. The van der Waals surface area contributed by atoms with Gasteiger partial charge in [0.2, 0.25) is 5.91 Å². The van der Waals surface area contributed by atoms with Crippen LogP contribution in [-0.2, 0) is 23.9 Å². The average molecular weight is 417 g/mol. The van der Waals surface area contributed by atoms with Crippen LogP contribution in [0.4, 0.5) is 13.2 Å². The van der Waals surface area contributed by atoms with Crippen molar-refractivity contribution < 1.29 is 18.0 Å². The molecule has 134 valence electrons. The van der Waals surface area contributed by atoms with Crippen LogP contribution in [0.15, 0.2) is 51.9 Å². The number of alkyl halides is 3. The molecule has 1 heterocycles. The fraction of sp³-hybridized carbons (Fsp3) is 0.294. The van der Waals surface area contributed by atoms with E-state index in [-0.39, 0.29) is 6.04 Å². The van der Waals surface area contributed by atoms with Crippen molar-refractivity contribution in [3.63, 3.8) is 0 Å². The summed E-state index contributed by atoms with van der Waals surface area (Å²) in [5.74, 6) is -0.522. The maximum atomic E-state index is 12.7. The van der Waals surface area contributed by atoms with Gasteiger partial charge in [0.1, 0.15) is 6.54 Å². The van der Waals surface area contributed by atoms with Crippen molar-refractivity contribution in [1.82, 2.24) is 9.88 Å². The molecule has 0 aliphatic rings. The standard InChI is InChI=1S/C17H16BrF3N2O2/c1-11(8-12-2-5-14(18)6-3-12)22-15(24)10-23-9-13(17(19,20)21)4-7-16(23)25/h2-7,9,11H,8,10H2,1H3,(H,22,24). The molecule has 1 N–H and O–H groups in total. The zero-order chi connectivity index (χ0) is 18.6. The second-order valence-corrected chi connectivity index (χ2v) is 6.60. The van der Waals surface area contributed by atoms with Gasteiger partial charge >= 0.3 is 6.18 Å². The first-order chi connectivity index (χ1) is 11.6. The molecular formula is C17H16BrF3N2O2. The lowest BCUT2D eigenvalue weighted by Crippen LogP contribution is -2.38. The van der Waals surface area contributed by atoms with Crippen molar-refractivity contribution in [3.8, 4) is 0 Å². The molecule has 0 spiro atoms. The average Bonchev–Trinajstić information content (AvgIpc) is 2.50. The molecule has 1 amide bonds. The van der Waals surface area contributed by atoms with Gasteiger partial charge in [-0.15, -0.1) is 0 Å². The Hall–Kier alpha value is -2.09. The van der Waals surface area contributed by atoms with Crippen LogP contribution in [-0.4, -0.2) is 16.5 Å². The van der Waals surface area contributed by atoms with Crippen LogP contribution in [0.2, 0.25) is 0 Å². The number of hydrogen-bond donors (Lipinski definition) is 1. The molecule has 8 heteroatoms. The summed E-state index contributed by atoms with van der Waals surface area (Å²) in [5, 5.41) is 2.69. The maximum absolute atomic E-state index is 12.7. The van der Waals surface area contributed by atoms with E-state index in [2.05, 4.69) is 21.2 Å². The number of aromatic nitrogens is 1. The lowest BCUT2D eigenvalue weighted by atomic mass is 10.1. The van der Waals surface area contributed by atoms with Crippen molar-refractivity contribution in [2.24, 2.45) is 0 Å². The maximum Gasteiger partial charge on any atom is 0.417 e. The minimum absolute atomic E-state index is 0.227. The van der Waals surface area contributed by atoms with E-state index in [1.54, 1.807) is 6.92 Å². The van der Waals surface area contributed by atoms with E-state index in [9.17, 15) is 22.8 Å². The Kier molecular flexibility index (Phi) is 6.05. The molecule has 1 aromatic heterocycles. The molecule has 4 nitrogen and oxygen atoms in total. The Morgan fingerprint density at radius 1 is 1.20 bits per heavy atom. The summed E-state index contributed by atoms with van der Waals surface area (Å²) in [6.45, 7) is 1.32. The third kappa shape index (κ3) is 5.74. The largest absolute Gasteiger partial charge is 0.417 e.